The zero-order valence-electron chi connectivity index (χ0n) is 8.55. The Balaban J connectivity index is 3.44. The maximum absolute atomic E-state index is 13.4. The van der Waals surface area contributed by atoms with Crippen LogP contribution in [0.1, 0.15) is 18.4 Å². The van der Waals surface area contributed by atoms with Gasteiger partial charge in [-0.25, -0.2) is 4.39 Å². The van der Waals surface area contributed by atoms with E-state index < -0.39 is 23.5 Å². The Morgan fingerprint density at radius 3 is 2.50 bits per heavy atom. The smallest absolute Gasteiger partial charge is 0.310 e. The average Bonchev–Trinajstić information content (AvgIpc) is 2.24. The topological polar surface area (TPSA) is 46.5 Å². The monoisotopic (exact) mass is 294 g/mol. The molecule has 3 nitrogen and oxygen atoms in total. The van der Waals surface area contributed by atoms with E-state index in [9.17, 15) is 13.6 Å². The minimum atomic E-state index is -1.19. The molecule has 16 heavy (non-hydrogen) atoms. The number of hydrogen-bond donors (Lipinski definition) is 1. The van der Waals surface area contributed by atoms with E-state index in [0.29, 0.717) is 0 Å². The van der Waals surface area contributed by atoms with Gasteiger partial charge in [0.15, 0.2) is 11.6 Å². The fourth-order valence-electron chi connectivity index (χ4n) is 1.26. The summed E-state index contributed by atoms with van der Waals surface area (Å²) in [5, 5.41) is 8.82. The standard InChI is InChI=1S/C10H9BrF2O3/c1-4(10(14)15)5-3-6(11)7(12)8(13)9(5)16-2/h3-4H,1-2H3,(H,14,15). The molecule has 1 unspecified atom stereocenters. The molecule has 0 bridgehead atoms. The average molecular weight is 295 g/mol. The summed E-state index contributed by atoms with van der Waals surface area (Å²) < 4.78 is 31.2. The second-order valence-corrected chi connectivity index (χ2v) is 4.02. The van der Waals surface area contributed by atoms with Crippen LogP contribution in [0.5, 0.6) is 5.75 Å². The van der Waals surface area contributed by atoms with E-state index in [1.54, 1.807) is 0 Å². The fraction of sp³-hybridized carbons (Fsp3) is 0.300. The van der Waals surface area contributed by atoms with Crippen molar-refractivity contribution in [3.63, 3.8) is 0 Å². The van der Waals surface area contributed by atoms with Crippen molar-refractivity contribution in [1.29, 1.82) is 0 Å². The molecule has 0 aliphatic heterocycles. The highest BCUT2D eigenvalue weighted by atomic mass is 79.9. The minimum absolute atomic E-state index is 0.0841. The van der Waals surface area contributed by atoms with Crippen molar-refractivity contribution in [1.82, 2.24) is 0 Å². The van der Waals surface area contributed by atoms with E-state index in [2.05, 4.69) is 20.7 Å². The molecule has 0 saturated heterocycles. The van der Waals surface area contributed by atoms with Crippen LogP contribution in [0.4, 0.5) is 8.78 Å². The number of rotatable bonds is 3. The van der Waals surface area contributed by atoms with Gasteiger partial charge in [0.25, 0.3) is 0 Å². The first-order valence-electron chi connectivity index (χ1n) is 4.34. The van der Waals surface area contributed by atoms with E-state index >= 15 is 0 Å². The molecule has 0 aliphatic rings. The Bertz CT molecular complexity index is 435. The quantitative estimate of drug-likeness (QED) is 0.872. The van der Waals surface area contributed by atoms with Crippen LogP contribution < -0.4 is 4.74 Å². The Labute approximate surface area is 99.2 Å². The summed E-state index contributed by atoms with van der Waals surface area (Å²) in [6, 6.07) is 1.20. The first-order valence-corrected chi connectivity index (χ1v) is 5.13. The highest BCUT2D eigenvalue weighted by Gasteiger charge is 2.24. The summed E-state index contributed by atoms with van der Waals surface area (Å²) in [6.07, 6.45) is 0. The molecule has 0 aromatic heterocycles. The number of halogens is 3. The molecule has 0 aliphatic carbocycles. The van der Waals surface area contributed by atoms with Crippen LogP contribution in [0.3, 0.4) is 0 Å². The SMILES string of the molecule is COc1c(C(C)C(=O)O)cc(Br)c(F)c1F. The maximum Gasteiger partial charge on any atom is 0.310 e. The Morgan fingerprint density at radius 1 is 1.50 bits per heavy atom. The molecular weight excluding hydrogens is 286 g/mol. The molecule has 88 valence electrons. The van der Waals surface area contributed by atoms with Crippen LogP contribution in [0.2, 0.25) is 0 Å². The van der Waals surface area contributed by atoms with Crippen molar-refractivity contribution in [2.24, 2.45) is 0 Å². The zero-order valence-corrected chi connectivity index (χ0v) is 10.1. The number of hydrogen-bond acceptors (Lipinski definition) is 2. The molecule has 0 fully saturated rings. The van der Waals surface area contributed by atoms with Gasteiger partial charge in [-0.05, 0) is 28.9 Å². The molecule has 6 heteroatoms. The lowest BCUT2D eigenvalue weighted by molar-refractivity contribution is -0.138. The molecule has 0 spiro atoms. The minimum Gasteiger partial charge on any atom is -0.493 e. The number of benzene rings is 1. The van der Waals surface area contributed by atoms with Crippen molar-refractivity contribution < 1.29 is 23.4 Å². The summed E-state index contributed by atoms with van der Waals surface area (Å²) in [7, 11) is 1.16. The van der Waals surface area contributed by atoms with E-state index in [1.807, 2.05) is 0 Å². The molecule has 1 N–H and O–H groups in total. The molecule has 0 saturated carbocycles. The van der Waals surface area contributed by atoms with Gasteiger partial charge in [-0.15, -0.1) is 0 Å². The van der Waals surface area contributed by atoms with Gasteiger partial charge in [-0.1, -0.05) is 0 Å². The van der Waals surface area contributed by atoms with Crippen molar-refractivity contribution in [2.45, 2.75) is 12.8 Å². The molecular formula is C10H9BrF2O3. The van der Waals surface area contributed by atoms with E-state index in [1.165, 1.54) is 13.0 Å². The highest BCUT2D eigenvalue weighted by Crippen LogP contribution is 2.35. The summed E-state index contributed by atoms with van der Waals surface area (Å²) in [5.74, 6) is -4.80. The van der Waals surface area contributed by atoms with E-state index in [-0.39, 0.29) is 15.8 Å². The van der Waals surface area contributed by atoms with Crippen LogP contribution in [0.25, 0.3) is 0 Å². The van der Waals surface area contributed by atoms with Crippen LogP contribution >= 0.6 is 15.9 Å². The third-order valence-corrected chi connectivity index (χ3v) is 2.76. The zero-order chi connectivity index (χ0) is 12.5. The summed E-state index contributed by atoms with van der Waals surface area (Å²) in [4.78, 5) is 10.8. The number of aliphatic carboxylic acids is 1. The molecule has 0 radical (unpaired) electrons. The first-order chi connectivity index (χ1) is 7.40. The highest BCUT2D eigenvalue weighted by molar-refractivity contribution is 9.10. The summed E-state index contributed by atoms with van der Waals surface area (Å²) in [6.45, 7) is 1.37. The van der Waals surface area contributed by atoms with Gasteiger partial charge in [0.1, 0.15) is 0 Å². The van der Waals surface area contributed by atoms with Gasteiger partial charge < -0.3 is 9.84 Å². The molecule has 1 aromatic carbocycles. The van der Waals surface area contributed by atoms with Gasteiger partial charge in [0.2, 0.25) is 5.82 Å². The molecule has 0 amide bonds. The molecule has 1 atom stereocenters. The Kier molecular flexibility index (Phi) is 3.85. The second-order valence-electron chi connectivity index (χ2n) is 3.17. The Morgan fingerprint density at radius 2 is 2.06 bits per heavy atom. The van der Waals surface area contributed by atoms with Gasteiger partial charge in [-0.2, -0.15) is 4.39 Å². The summed E-state index contributed by atoms with van der Waals surface area (Å²) in [5.41, 5.74) is 0.0841. The third-order valence-electron chi connectivity index (χ3n) is 2.19. The van der Waals surface area contributed by atoms with Gasteiger partial charge in [0, 0.05) is 5.56 Å². The van der Waals surface area contributed by atoms with Crippen molar-refractivity contribution in [3.05, 3.63) is 27.7 Å². The third kappa shape index (κ3) is 2.16. The van der Waals surface area contributed by atoms with Crippen LogP contribution in [0.15, 0.2) is 10.5 Å². The number of methoxy groups -OCH3 is 1. The van der Waals surface area contributed by atoms with Crippen molar-refractivity contribution >= 4 is 21.9 Å². The Hall–Kier alpha value is -1.17. The maximum atomic E-state index is 13.4. The lowest BCUT2D eigenvalue weighted by Gasteiger charge is -2.14. The van der Waals surface area contributed by atoms with E-state index in [0.717, 1.165) is 7.11 Å². The predicted octanol–water partition coefficient (Wildman–Crippen LogP) is 2.92. The molecule has 0 heterocycles. The van der Waals surface area contributed by atoms with Gasteiger partial charge in [0.05, 0.1) is 17.5 Å². The normalized spacial score (nSPS) is 12.3. The number of carboxylic acids is 1. The largest absolute Gasteiger partial charge is 0.493 e. The first kappa shape index (κ1) is 12.9. The number of carboxylic acid groups (broad SMARTS) is 1. The number of carbonyl (C=O) groups is 1. The molecule has 1 aromatic rings. The lowest BCUT2D eigenvalue weighted by Crippen LogP contribution is -2.10. The summed E-state index contributed by atoms with van der Waals surface area (Å²) >= 11 is 2.81. The lowest BCUT2D eigenvalue weighted by atomic mass is 10.00. The van der Waals surface area contributed by atoms with Crippen molar-refractivity contribution in [3.8, 4) is 5.75 Å². The van der Waals surface area contributed by atoms with Crippen LogP contribution in [-0.2, 0) is 4.79 Å². The van der Waals surface area contributed by atoms with Crippen molar-refractivity contribution in [2.75, 3.05) is 7.11 Å². The van der Waals surface area contributed by atoms with E-state index in [4.69, 9.17) is 5.11 Å². The van der Waals surface area contributed by atoms with Gasteiger partial charge >= 0.3 is 5.97 Å². The number of ether oxygens (including phenoxy) is 1. The second kappa shape index (κ2) is 4.78. The molecule has 1 rings (SSSR count). The van der Waals surface area contributed by atoms with Crippen LogP contribution in [0, 0.1) is 11.6 Å². The van der Waals surface area contributed by atoms with Gasteiger partial charge in [-0.3, -0.25) is 4.79 Å². The fourth-order valence-corrected chi connectivity index (χ4v) is 1.68. The predicted molar refractivity (Wildman–Crippen MR) is 56.7 cm³/mol. The van der Waals surface area contributed by atoms with Crippen LogP contribution in [-0.4, -0.2) is 18.2 Å².